The van der Waals surface area contributed by atoms with Crippen LogP contribution in [-0.4, -0.2) is 188 Å². The van der Waals surface area contributed by atoms with E-state index in [2.05, 4.69) is 16.7 Å². The molecule has 3 saturated heterocycles. The molecule has 0 unspecified atom stereocenters. The highest BCUT2D eigenvalue weighted by Crippen LogP contribution is 2.35. The average Bonchev–Trinajstić information content (AvgIpc) is 2.96. The molecule has 0 bridgehead atoms. The Morgan fingerprint density at radius 1 is 0.642 bits per heavy atom. The van der Waals surface area contributed by atoms with Gasteiger partial charge in [-0.1, -0.05) is 0 Å². The van der Waals surface area contributed by atoms with Crippen molar-refractivity contribution >= 4 is 53.5 Å². The van der Waals surface area contributed by atoms with Crippen LogP contribution in [0, 0.1) is 0 Å². The third-order valence-electron chi connectivity index (χ3n) is 7.24. The number of nitrogens with one attached hydrogen (secondary N) is 1. The molecule has 3 aliphatic rings. The smallest absolute Gasteiger partial charge is 0.397 e. The first-order chi connectivity index (χ1) is 24.0. The van der Waals surface area contributed by atoms with Crippen LogP contribution >= 0.6 is 0 Å². The van der Waals surface area contributed by atoms with Gasteiger partial charge in [-0.05, 0) is 6.92 Å². The predicted molar refractivity (Wildman–Crippen MR) is 154 cm³/mol. The molecule has 3 fully saturated rings. The van der Waals surface area contributed by atoms with Gasteiger partial charge in [0.1, 0.15) is 54.9 Å². The summed E-state index contributed by atoms with van der Waals surface area (Å²) in [5, 5.41) is 54.7. The van der Waals surface area contributed by atoms with Crippen molar-refractivity contribution in [1.29, 1.82) is 0 Å². The van der Waals surface area contributed by atoms with Gasteiger partial charge in [0.05, 0.1) is 12.7 Å². The Hall–Kier alpha value is -1.94. The van der Waals surface area contributed by atoms with E-state index < -0.39 is 152 Å². The molecule has 33 heteroatoms. The third kappa shape index (κ3) is 12.8. The molecular formula is C20H33NO28S4. The minimum atomic E-state index is -5.69. The van der Waals surface area contributed by atoms with Gasteiger partial charge in [0.15, 0.2) is 31.1 Å². The van der Waals surface area contributed by atoms with E-state index in [0.29, 0.717) is 0 Å². The van der Waals surface area contributed by atoms with Crippen molar-refractivity contribution in [2.45, 2.75) is 106 Å². The SMILES string of the molecule is CC(=O)N[C@@H]1[C@@H](OS(=O)(=O)O)[C@@H](O[C@@H]2O[C@H](C(=O)O)[C@H](O)[C@H](O[C@@H]3O[C@@H](C)[C@@H](O)[C@H](OS(=O)(=O)O)[C@@H]3OS(=O)(=O)O)[C@H]2O)[C@@H](COS(=O)(=O)O)O[C@H]1O. The lowest BCUT2D eigenvalue weighted by molar-refractivity contribution is -0.365. The Morgan fingerprint density at radius 2 is 1.15 bits per heavy atom. The minimum Gasteiger partial charge on any atom is -0.479 e. The summed E-state index contributed by atoms with van der Waals surface area (Å²) in [6.07, 6.45) is -33.9. The molecule has 3 aliphatic heterocycles. The second kappa shape index (κ2) is 17.1. The molecule has 0 aromatic carbocycles. The van der Waals surface area contributed by atoms with E-state index in [1.807, 2.05) is 5.32 Å². The van der Waals surface area contributed by atoms with E-state index in [1.54, 1.807) is 0 Å². The number of hydrogen-bond acceptors (Lipinski definition) is 23. The van der Waals surface area contributed by atoms with Gasteiger partial charge in [0.2, 0.25) is 5.91 Å². The van der Waals surface area contributed by atoms with Crippen molar-refractivity contribution in [2.75, 3.05) is 6.61 Å². The molecule has 0 aromatic rings. The quantitative estimate of drug-likeness (QED) is 0.0684. The lowest BCUT2D eigenvalue weighted by Crippen LogP contribution is -2.69. The van der Waals surface area contributed by atoms with Gasteiger partial charge in [0, 0.05) is 6.92 Å². The van der Waals surface area contributed by atoms with E-state index in [4.69, 9.17) is 28.2 Å². The summed E-state index contributed by atoms with van der Waals surface area (Å²) in [6.45, 7) is 0.376. The maximum Gasteiger partial charge on any atom is 0.397 e. The number of rotatable bonds is 15. The summed E-state index contributed by atoms with van der Waals surface area (Å²) in [7, 11) is -22.3. The maximum atomic E-state index is 12.1. The number of aliphatic hydroxyl groups is 4. The second-order valence-corrected chi connectivity index (χ2v) is 15.4. The van der Waals surface area contributed by atoms with E-state index >= 15 is 0 Å². The summed E-state index contributed by atoms with van der Waals surface area (Å²) in [6, 6.07) is -2.09. The Morgan fingerprint density at radius 3 is 1.64 bits per heavy atom. The number of carbonyl (C=O) groups excluding carboxylic acids is 1. The number of hydrogen-bond donors (Lipinski definition) is 10. The first-order valence-corrected chi connectivity index (χ1v) is 19.5. The number of aliphatic hydroxyl groups excluding tert-OH is 4. The van der Waals surface area contributed by atoms with Crippen LogP contribution in [0.1, 0.15) is 13.8 Å². The Bertz CT molecular complexity index is 1750. The van der Waals surface area contributed by atoms with Crippen LogP contribution in [0.2, 0.25) is 0 Å². The summed E-state index contributed by atoms with van der Waals surface area (Å²) in [5.74, 6) is -3.11. The molecule has 53 heavy (non-hydrogen) atoms. The first kappa shape index (κ1) is 45.4. The first-order valence-electron chi connectivity index (χ1n) is 14.1. The van der Waals surface area contributed by atoms with Crippen molar-refractivity contribution in [1.82, 2.24) is 5.32 Å². The lowest BCUT2D eigenvalue weighted by Gasteiger charge is -2.48. The molecule has 310 valence electrons. The zero-order valence-corrected chi connectivity index (χ0v) is 29.5. The highest BCUT2D eigenvalue weighted by atomic mass is 32.3. The van der Waals surface area contributed by atoms with Gasteiger partial charge in [0.25, 0.3) is 0 Å². The van der Waals surface area contributed by atoms with Crippen molar-refractivity contribution < 1.29 is 127 Å². The van der Waals surface area contributed by atoms with Crippen LogP contribution in [0.25, 0.3) is 0 Å². The van der Waals surface area contributed by atoms with Crippen molar-refractivity contribution in [3.63, 3.8) is 0 Å². The number of amides is 1. The molecule has 0 aromatic heterocycles. The van der Waals surface area contributed by atoms with Crippen molar-refractivity contribution in [2.24, 2.45) is 0 Å². The molecule has 29 nitrogen and oxygen atoms in total. The van der Waals surface area contributed by atoms with Crippen LogP contribution < -0.4 is 5.32 Å². The molecular weight excluding hydrogens is 830 g/mol. The maximum absolute atomic E-state index is 12.1. The average molecular weight is 864 g/mol. The van der Waals surface area contributed by atoms with Gasteiger partial charge < -0.3 is 54.5 Å². The molecule has 15 atom stereocenters. The summed E-state index contributed by atoms with van der Waals surface area (Å²) in [5.41, 5.74) is 0. The number of carboxylic acids is 1. The molecule has 0 aliphatic carbocycles. The summed E-state index contributed by atoms with van der Waals surface area (Å²) in [4.78, 5) is 24.0. The largest absolute Gasteiger partial charge is 0.479 e. The van der Waals surface area contributed by atoms with E-state index in [1.165, 1.54) is 0 Å². The molecule has 0 radical (unpaired) electrons. The topological polar surface area (TPSA) is 448 Å². The number of carbonyl (C=O) groups is 2. The molecule has 1 amide bonds. The standard InChI is InChI=1S/C20H33NO28S4/c1-4-8(23)14(48-52(35,36)37)16(49-53(38,39)40)20(42-4)45-13-9(24)15(17(26)27)46-19(10(13)25)44-11-6(3-41-50(29,30)31)43-18(28)7(21-5(2)22)12(11)47-51(32,33)34/h4,6-16,18-20,23-25,28H,3H2,1-2H3,(H,21,22)(H,26,27)(H,29,30,31)(H,32,33,34)(H,35,36,37)(H,38,39,40)/t4-,6+,7+,8+,9+,10+,11-,12+,13-,14-,15-,16-,18+,19+,20-/m0/s1. The van der Waals surface area contributed by atoms with Crippen molar-refractivity contribution in [3.05, 3.63) is 0 Å². The Kier molecular flexibility index (Phi) is 14.6. The lowest BCUT2D eigenvalue weighted by atomic mass is 9.95. The van der Waals surface area contributed by atoms with Crippen LogP contribution in [-0.2, 0) is 91.6 Å². The summed E-state index contributed by atoms with van der Waals surface area (Å²) < 4.78 is 173. The van der Waals surface area contributed by atoms with Gasteiger partial charge >= 0.3 is 47.6 Å². The highest BCUT2D eigenvalue weighted by molar-refractivity contribution is 7.81. The molecule has 10 N–H and O–H groups in total. The van der Waals surface area contributed by atoms with Crippen LogP contribution in [0.5, 0.6) is 0 Å². The van der Waals surface area contributed by atoms with Gasteiger partial charge in [-0.15, -0.1) is 0 Å². The van der Waals surface area contributed by atoms with E-state index in [-0.39, 0.29) is 0 Å². The summed E-state index contributed by atoms with van der Waals surface area (Å²) >= 11 is 0. The highest BCUT2D eigenvalue weighted by Gasteiger charge is 2.57. The Balaban J connectivity index is 2.10. The molecule has 3 rings (SSSR count). The molecule has 0 spiro atoms. The van der Waals surface area contributed by atoms with Crippen LogP contribution in [0.4, 0.5) is 0 Å². The number of carboxylic acid groups (broad SMARTS) is 1. The van der Waals surface area contributed by atoms with Gasteiger partial charge in [-0.25, -0.2) is 21.5 Å². The van der Waals surface area contributed by atoms with Gasteiger partial charge in [-0.3, -0.25) is 23.0 Å². The zero-order chi connectivity index (χ0) is 40.6. The fraction of sp³-hybridized carbons (Fsp3) is 0.900. The van der Waals surface area contributed by atoms with E-state index in [9.17, 15) is 82.5 Å². The van der Waals surface area contributed by atoms with Crippen molar-refractivity contribution in [3.8, 4) is 0 Å². The molecule has 3 heterocycles. The normalized spacial score (nSPS) is 38.9. The molecule has 0 saturated carbocycles. The number of aliphatic carboxylic acids is 1. The fourth-order valence-corrected chi connectivity index (χ4v) is 7.03. The number of ether oxygens (including phenoxy) is 5. The fourth-order valence-electron chi connectivity index (χ4n) is 5.22. The van der Waals surface area contributed by atoms with Crippen LogP contribution in [0.15, 0.2) is 0 Å². The monoisotopic (exact) mass is 863 g/mol. The minimum absolute atomic E-state index is 0.827. The van der Waals surface area contributed by atoms with Gasteiger partial charge in [-0.2, -0.15) is 33.7 Å². The zero-order valence-electron chi connectivity index (χ0n) is 26.3. The van der Waals surface area contributed by atoms with E-state index in [0.717, 1.165) is 13.8 Å². The predicted octanol–water partition coefficient (Wildman–Crippen LogP) is -7.00. The Labute approximate surface area is 298 Å². The second-order valence-electron chi connectivity index (χ2n) is 11.1. The van der Waals surface area contributed by atoms with Crippen LogP contribution in [0.3, 0.4) is 0 Å². The third-order valence-corrected chi connectivity index (χ3v) is 9.07.